The molecule has 0 spiro atoms. The third kappa shape index (κ3) is 3.34. The Morgan fingerprint density at radius 3 is 3.00 bits per heavy atom. The summed E-state index contributed by atoms with van der Waals surface area (Å²) in [7, 11) is 0. The molecule has 2 aliphatic carbocycles. The fourth-order valence-electron chi connectivity index (χ4n) is 3.32. The number of pyridine rings is 1. The highest BCUT2D eigenvalue weighted by Crippen LogP contribution is 2.27. The molecule has 0 saturated heterocycles. The summed E-state index contributed by atoms with van der Waals surface area (Å²) in [5, 5.41) is 3.61. The van der Waals surface area contributed by atoms with Crippen LogP contribution in [-0.4, -0.2) is 24.2 Å². The van der Waals surface area contributed by atoms with Crippen molar-refractivity contribution in [2.45, 2.75) is 57.1 Å². The van der Waals surface area contributed by atoms with Crippen molar-refractivity contribution in [3.63, 3.8) is 0 Å². The largest absolute Gasteiger partial charge is 0.377 e. The normalized spacial score (nSPS) is 23.5. The Morgan fingerprint density at radius 2 is 2.11 bits per heavy atom. The molecule has 0 amide bonds. The lowest BCUT2D eigenvalue weighted by Crippen LogP contribution is -2.29. The van der Waals surface area contributed by atoms with Crippen molar-refractivity contribution in [3.8, 4) is 0 Å². The first-order valence-electron chi connectivity index (χ1n) is 7.72. The highest BCUT2D eigenvalue weighted by Gasteiger charge is 2.20. The number of nitrogens with one attached hydrogen (secondary N) is 1. The van der Waals surface area contributed by atoms with Crippen molar-refractivity contribution in [3.05, 3.63) is 29.6 Å². The third-order valence-corrected chi connectivity index (χ3v) is 4.34. The van der Waals surface area contributed by atoms with E-state index in [4.69, 9.17) is 4.74 Å². The van der Waals surface area contributed by atoms with Crippen LogP contribution < -0.4 is 5.32 Å². The molecule has 19 heavy (non-hydrogen) atoms. The topological polar surface area (TPSA) is 34.2 Å². The van der Waals surface area contributed by atoms with E-state index in [1.807, 2.05) is 12.3 Å². The zero-order valence-corrected chi connectivity index (χ0v) is 11.6. The van der Waals surface area contributed by atoms with Crippen molar-refractivity contribution >= 4 is 0 Å². The van der Waals surface area contributed by atoms with E-state index in [2.05, 4.69) is 16.4 Å². The van der Waals surface area contributed by atoms with E-state index in [1.54, 1.807) is 0 Å². The molecule has 1 aromatic heterocycles. The minimum absolute atomic E-state index is 0.428. The van der Waals surface area contributed by atoms with Gasteiger partial charge in [0, 0.05) is 18.8 Å². The SMILES string of the molecule is c1cnc2c(c1)CCCC2NCCOC1CCCC1. The molecule has 1 unspecified atom stereocenters. The number of nitrogens with zero attached hydrogens (tertiary/aromatic N) is 1. The van der Waals surface area contributed by atoms with Crippen LogP contribution in [0.25, 0.3) is 0 Å². The Balaban J connectivity index is 1.45. The number of aryl methyl sites for hydroxylation is 1. The Kier molecular flexibility index (Phi) is 4.46. The standard InChI is InChI=1S/C16H24N2O/c1-2-8-14(7-1)19-12-11-17-15-9-3-5-13-6-4-10-18-16(13)15/h4,6,10,14-15,17H,1-3,5,7-9,11-12H2. The van der Waals surface area contributed by atoms with E-state index in [-0.39, 0.29) is 0 Å². The number of ether oxygens (including phenoxy) is 1. The van der Waals surface area contributed by atoms with Crippen LogP contribution in [0.5, 0.6) is 0 Å². The first-order chi connectivity index (χ1) is 9.43. The molecule has 1 fully saturated rings. The average molecular weight is 260 g/mol. The van der Waals surface area contributed by atoms with Gasteiger partial charge in [0.2, 0.25) is 0 Å². The van der Waals surface area contributed by atoms with Crippen LogP contribution >= 0.6 is 0 Å². The number of aromatic nitrogens is 1. The maximum Gasteiger partial charge on any atom is 0.0605 e. The highest BCUT2D eigenvalue weighted by atomic mass is 16.5. The predicted molar refractivity (Wildman–Crippen MR) is 76.1 cm³/mol. The monoisotopic (exact) mass is 260 g/mol. The molecule has 3 nitrogen and oxygen atoms in total. The lowest BCUT2D eigenvalue weighted by atomic mass is 9.92. The quantitative estimate of drug-likeness (QED) is 0.826. The highest BCUT2D eigenvalue weighted by molar-refractivity contribution is 5.25. The van der Waals surface area contributed by atoms with E-state index in [0.717, 1.165) is 13.2 Å². The van der Waals surface area contributed by atoms with E-state index in [0.29, 0.717) is 12.1 Å². The molecule has 1 heterocycles. The molecule has 1 aromatic rings. The molecule has 0 aromatic carbocycles. The maximum absolute atomic E-state index is 5.90. The van der Waals surface area contributed by atoms with Crippen molar-refractivity contribution in [1.82, 2.24) is 10.3 Å². The summed E-state index contributed by atoms with van der Waals surface area (Å²) in [5.74, 6) is 0. The van der Waals surface area contributed by atoms with Gasteiger partial charge in [0.05, 0.1) is 18.4 Å². The smallest absolute Gasteiger partial charge is 0.0605 e. The van der Waals surface area contributed by atoms with E-state index in [9.17, 15) is 0 Å². The Labute approximate surface area is 115 Å². The van der Waals surface area contributed by atoms with Gasteiger partial charge in [0.25, 0.3) is 0 Å². The Bertz CT molecular complexity index is 401. The van der Waals surface area contributed by atoms with Crippen LogP contribution in [-0.2, 0) is 11.2 Å². The zero-order valence-electron chi connectivity index (χ0n) is 11.6. The van der Waals surface area contributed by atoms with Gasteiger partial charge in [-0.2, -0.15) is 0 Å². The summed E-state index contributed by atoms with van der Waals surface area (Å²) < 4.78 is 5.90. The fraction of sp³-hybridized carbons (Fsp3) is 0.688. The number of rotatable bonds is 5. The number of hydrogen-bond acceptors (Lipinski definition) is 3. The molecule has 104 valence electrons. The molecule has 2 aliphatic rings. The molecular weight excluding hydrogens is 236 g/mol. The minimum atomic E-state index is 0.428. The summed E-state index contributed by atoms with van der Waals surface area (Å²) in [6, 6.07) is 4.69. The first-order valence-corrected chi connectivity index (χ1v) is 7.72. The fourth-order valence-corrected chi connectivity index (χ4v) is 3.32. The first kappa shape index (κ1) is 13.1. The van der Waals surface area contributed by atoms with Crippen LogP contribution in [0.3, 0.4) is 0 Å². The average Bonchev–Trinajstić information content (AvgIpc) is 2.97. The third-order valence-electron chi connectivity index (χ3n) is 4.34. The van der Waals surface area contributed by atoms with Crippen molar-refractivity contribution in [2.75, 3.05) is 13.2 Å². The Morgan fingerprint density at radius 1 is 1.21 bits per heavy atom. The molecule has 1 N–H and O–H groups in total. The molecule has 1 atom stereocenters. The van der Waals surface area contributed by atoms with Crippen LogP contribution in [0, 0.1) is 0 Å². The second-order valence-corrected chi connectivity index (χ2v) is 5.72. The van der Waals surface area contributed by atoms with Gasteiger partial charge in [-0.15, -0.1) is 0 Å². The van der Waals surface area contributed by atoms with Gasteiger partial charge >= 0.3 is 0 Å². The molecule has 0 radical (unpaired) electrons. The Hall–Kier alpha value is -0.930. The lowest BCUT2D eigenvalue weighted by Gasteiger charge is -2.25. The molecule has 3 heteroatoms. The lowest BCUT2D eigenvalue weighted by molar-refractivity contribution is 0.0587. The van der Waals surface area contributed by atoms with Crippen molar-refractivity contribution in [1.29, 1.82) is 0 Å². The van der Waals surface area contributed by atoms with E-state index >= 15 is 0 Å². The van der Waals surface area contributed by atoms with Gasteiger partial charge < -0.3 is 10.1 Å². The van der Waals surface area contributed by atoms with Crippen molar-refractivity contribution < 1.29 is 4.74 Å². The summed E-state index contributed by atoms with van der Waals surface area (Å²) in [5.41, 5.74) is 2.68. The minimum Gasteiger partial charge on any atom is -0.377 e. The van der Waals surface area contributed by atoms with Gasteiger partial charge in [-0.25, -0.2) is 0 Å². The summed E-state index contributed by atoms with van der Waals surface area (Å²) >= 11 is 0. The molecule has 3 rings (SSSR count). The van der Waals surface area contributed by atoms with Gasteiger partial charge in [-0.1, -0.05) is 18.9 Å². The van der Waals surface area contributed by atoms with Crippen molar-refractivity contribution in [2.24, 2.45) is 0 Å². The maximum atomic E-state index is 5.90. The van der Waals surface area contributed by atoms with Gasteiger partial charge in [0.1, 0.15) is 0 Å². The summed E-state index contributed by atoms with van der Waals surface area (Å²) in [4.78, 5) is 4.55. The second kappa shape index (κ2) is 6.49. The molecule has 0 aliphatic heterocycles. The summed E-state index contributed by atoms with van der Waals surface area (Å²) in [6.07, 6.45) is 11.3. The van der Waals surface area contributed by atoms with Crippen LogP contribution in [0.4, 0.5) is 0 Å². The van der Waals surface area contributed by atoms with Crippen LogP contribution in [0.1, 0.15) is 55.8 Å². The predicted octanol–water partition coefficient (Wildman–Crippen LogP) is 3.01. The van der Waals surface area contributed by atoms with Crippen LogP contribution in [0.2, 0.25) is 0 Å². The van der Waals surface area contributed by atoms with Gasteiger partial charge in [-0.05, 0) is 43.7 Å². The molecule has 0 bridgehead atoms. The second-order valence-electron chi connectivity index (χ2n) is 5.72. The number of fused-ring (bicyclic) bond motifs is 1. The molecule has 1 saturated carbocycles. The van der Waals surface area contributed by atoms with Gasteiger partial charge in [0.15, 0.2) is 0 Å². The van der Waals surface area contributed by atoms with Crippen LogP contribution in [0.15, 0.2) is 18.3 Å². The van der Waals surface area contributed by atoms with E-state index < -0.39 is 0 Å². The summed E-state index contributed by atoms with van der Waals surface area (Å²) in [6.45, 7) is 1.78. The van der Waals surface area contributed by atoms with Gasteiger partial charge in [-0.3, -0.25) is 4.98 Å². The number of hydrogen-bond donors (Lipinski definition) is 1. The zero-order chi connectivity index (χ0) is 12.9. The van der Waals surface area contributed by atoms with E-state index in [1.165, 1.54) is 56.2 Å². The molecular formula is C16H24N2O.